The predicted octanol–water partition coefficient (Wildman–Crippen LogP) is 2.98. The molecule has 0 radical (unpaired) electrons. The molecular weight excluding hydrogens is 242 g/mol. The van der Waals surface area contributed by atoms with Crippen molar-refractivity contribution in [2.45, 2.75) is 32.1 Å². The van der Waals surface area contributed by atoms with E-state index in [-0.39, 0.29) is 5.91 Å². The van der Waals surface area contributed by atoms with Gasteiger partial charge in [0.15, 0.2) is 11.5 Å². The number of anilines is 1. The zero-order valence-electron chi connectivity index (χ0n) is 11.0. The van der Waals surface area contributed by atoms with Gasteiger partial charge < -0.3 is 14.8 Å². The van der Waals surface area contributed by atoms with Crippen LogP contribution >= 0.6 is 0 Å². The molecule has 1 aromatic carbocycles. The Hall–Kier alpha value is -1.71. The number of fused-ring (bicyclic) bond motifs is 1. The van der Waals surface area contributed by atoms with Gasteiger partial charge in [-0.2, -0.15) is 0 Å². The van der Waals surface area contributed by atoms with Crippen molar-refractivity contribution in [3.63, 3.8) is 0 Å². The van der Waals surface area contributed by atoms with E-state index in [0.29, 0.717) is 31.3 Å². The van der Waals surface area contributed by atoms with Crippen molar-refractivity contribution < 1.29 is 14.3 Å². The molecule has 0 spiro atoms. The summed E-state index contributed by atoms with van der Waals surface area (Å²) in [6.45, 7) is 1.15. The number of ether oxygens (including phenoxy) is 2. The molecule has 19 heavy (non-hydrogen) atoms. The summed E-state index contributed by atoms with van der Waals surface area (Å²) in [5.41, 5.74) is 0.784. The highest BCUT2D eigenvalue weighted by Gasteiger charge is 2.19. The fraction of sp³-hybridized carbons (Fsp3) is 0.533. The molecule has 1 aliphatic heterocycles. The van der Waals surface area contributed by atoms with E-state index in [4.69, 9.17) is 9.47 Å². The van der Waals surface area contributed by atoms with Crippen LogP contribution in [0.2, 0.25) is 0 Å². The summed E-state index contributed by atoms with van der Waals surface area (Å²) in [6.07, 6.45) is 5.54. The topological polar surface area (TPSA) is 47.6 Å². The average molecular weight is 261 g/mol. The molecule has 4 heteroatoms. The van der Waals surface area contributed by atoms with E-state index in [1.165, 1.54) is 25.7 Å². The molecule has 0 unspecified atom stereocenters. The fourth-order valence-electron chi connectivity index (χ4n) is 2.81. The first-order chi connectivity index (χ1) is 9.31. The van der Waals surface area contributed by atoms with Crippen LogP contribution in [-0.4, -0.2) is 19.1 Å². The van der Waals surface area contributed by atoms with Gasteiger partial charge in [-0.3, -0.25) is 4.79 Å². The summed E-state index contributed by atoms with van der Waals surface area (Å²) in [5.74, 6) is 2.13. The summed E-state index contributed by atoms with van der Waals surface area (Å²) in [7, 11) is 0. The van der Waals surface area contributed by atoms with Gasteiger partial charge >= 0.3 is 0 Å². The molecular formula is C15H19NO3. The summed E-state index contributed by atoms with van der Waals surface area (Å²) >= 11 is 0. The standard InChI is InChI=1S/C15H19NO3/c17-15(9-11-3-1-2-4-11)16-12-5-6-13-14(10-12)19-8-7-18-13/h5-6,10-11H,1-4,7-9H2,(H,16,17). The first kappa shape index (κ1) is 12.3. The Labute approximate surface area is 113 Å². The van der Waals surface area contributed by atoms with E-state index in [1.807, 2.05) is 18.2 Å². The molecule has 4 nitrogen and oxygen atoms in total. The highest BCUT2D eigenvalue weighted by atomic mass is 16.6. The zero-order valence-corrected chi connectivity index (χ0v) is 11.0. The van der Waals surface area contributed by atoms with Crippen molar-refractivity contribution >= 4 is 11.6 Å². The number of hydrogen-bond acceptors (Lipinski definition) is 3. The maximum Gasteiger partial charge on any atom is 0.224 e. The van der Waals surface area contributed by atoms with Gasteiger partial charge in [-0.1, -0.05) is 12.8 Å². The van der Waals surface area contributed by atoms with Crippen molar-refractivity contribution in [3.05, 3.63) is 18.2 Å². The lowest BCUT2D eigenvalue weighted by Gasteiger charge is -2.19. The Morgan fingerprint density at radius 1 is 1.16 bits per heavy atom. The van der Waals surface area contributed by atoms with Crippen molar-refractivity contribution in [1.82, 2.24) is 0 Å². The largest absolute Gasteiger partial charge is 0.486 e. The average Bonchev–Trinajstić information content (AvgIpc) is 2.91. The summed E-state index contributed by atoms with van der Waals surface area (Å²) < 4.78 is 11.0. The van der Waals surface area contributed by atoms with Gasteiger partial charge in [0, 0.05) is 18.2 Å². The third-order valence-electron chi connectivity index (χ3n) is 3.77. The van der Waals surface area contributed by atoms with Crippen LogP contribution in [0, 0.1) is 5.92 Å². The number of nitrogens with one attached hydrogen (secondary N) is 1. The van der Waals surface area contributed by atoms with E-state index >= 15 is 0 Å². The normalized spacial score (nSPS) is 18.3. The number of rotatable bonds is 3. The fourth-order valence-corrected chi connectivity index (χ4v) is 2.81. The Kier molecular flexibility index (Phi) is 3.58. The summed E-state index contributed by atoms with van der Waals surface area (Å²) in [5, 5.41) is 2.94. The first-order valence-corrected chi connectivity index (χ1v) is 7.01. The number of carbonyl (C=O) groups is 1. The zero-order chi connectivity index (χ0) is 13.1. The minimum Gasteiger partial charge on any atom is -0.486 e. The summed E-state index contributed by atoms with van der Waals surface area (Å²) in [6, 6.07) is 5.54. The molecule has 102 valence electrons. The van der Waals surface area contributed by atoms with E-state index in [0.717, 1.165) is 11.4 Å². The molecule has 1 aromatic rings. The van der Waals surface area contributed by atoms with Gasteiger partial charge in [0.1, 0.15) is 13.2 Å². The molecule has 1 fully saturated rings. The van der Waals surface area contributed by atoms with E-state index in [1.54, 1.807) is 0 Å². The van der Waals surface area contributed by atoms with E-state index in [2.05, 4.69) is 5.32 Å². The van der Waals surface area contributed by atoms with Crippen molar-refractivity contribution in [1.29, 1.82) is 0 Å². The number of carbonyl (C=O) groups excluding carboxylic acids is 1. The lowest BCUT2D eigenvalue weighted by atomic mass is 10.0. The number of benzene rings is 1. The number of amides is 1. The maximum absolute atomic E-state index is 12.0. The second-order valence-electron chi connectivity index (χ2n) is 5.26. The van der Waals surface area contributed by atoms with Gasteiger partial charge in [0.2, 0.25) is 5.91 Å². The molecule has 1 N–H and O–H groups in total. The molecule has 1 aliphatic carbocycles. The maximum atomic E-state index is 12.0. The van der Waals surface area contributed by atoms with Crippen LogP contribution in [0.4, 0.5) is 5.69 Å². The van der Waals surface area contributed by atoms with Gasteiger partial charge in [-0.25, -0.2) is 0 Å². The SMILES string of the molecule is O=C(CC1CCCC1)Nc1ccc2c(c1)OCCO2. The Bertz CT molecular complexity index is 466. The summed E-state index contributed by atoms with van der Waals surface area (Å²) in [4.78, 5) is 12.0. The van der Waals surface area contributed by atoms with Crippen LogP contribution in [0.3, 0.4) is 0 Å². The molecule has 0 aromatic heterocycles. The highest BCUT2D eigenvalue weighted by Crippen LogP contribution is 2.33. The van der Waals surface area contributed by atoms with Gasteiger partial charge in [-0.15, -0.1) is 0 Å². The Morgan fingerprint density at radius 3 is 2.68 bits per heavy atom. The first-order valence-electron chi connectivity index (χ1n) is 7.01. The lowest BCUT2D eigenvalue weighted by Crippen LogP contribution is -2.17. The molecule has 1 heterocycles. The smallest absolute Gasteiger partial charge is 0.224 e. The van der Waals surface area contributed by atoms with Crippen LogP contribution in [-0.2, 0) is 4.79 Å². The van der Waals surface area contributed by atoms with Gasteiger partial charge in [0.05, 0.1) is 0 Å². The molecule has 3 rings (SSSR count). The second kappa shape index (κ2) is 5.51. The van der Waals surface area contributed by atoms with Gasteiger partial charge in [0.25, 0.3) is 0 Å². The monoisotopic (exact) mass is 261 g/mol. The lowest BCUT2D eigenvalue weighted by molar-refractivity contribution is -0.117. The predicted molar refractivity (Wildman–Crippen MR) is 72.6 cm³/mol. The van der Waals surface area contributed by atoms with Crippen LogP contribution in [0.5, 0.6) is 11.5 Å². The number of hydrogen-bond donors (Lipinski definition) is 1. The minimum atomic E-state index is 0.101. The van der Waals surface area contributed by atoms with Gasteiger partial charge in [-0.05, 0) is 30.9 Å². The Morgan fingerprint density at radius 2 is 1.89 bits per heavy atom. The van der Waals surface area contributed by atoms with E-state index < -0.39 is 0 Å². The van der Waals surface area contributed by atoms with Crippen LogP contribution in [0.15, 0.2) is 18.2 Å². The van der Waals surface area contributed by atoms with E-state index in [9.17, 15) is 4.79 Å². The molecule has 0 atom stereocenters. The van der Waals surface area contributed by atoms with Crippen LogP contribution < -0.4 is 14.8 Å². The van der Waals surface area contributed by atoms with Crippen molar-refractivity contribution in [2.75, 3.05) is 18.5 Å². The third kappa shape index (κ3) is 3.00. The minimum absolute atomic E-state index is 0.101. The Balaban J connectivity index is 1.61. The van der Waals surface area contributed by atoms with Crippen molar-refractivity contribution in [3.8, 4) is 11.5 Å². The quantitative estimate of drug-likeness (QED) is 0.910. The molecule has 1 saturated carbocycles. The molecule has 2 aliphatic rings. The second-order valence-corrected chi connectivity index (χ2v) is 5.26. The van der Waals surface area contributed by atoms with Crippen molar-refractivity contribution in [2.24, 2.45) is 5.92 Å². The third-order valence-corrected chi connectivity index (χ3v) is 3.77. The highest BCUT2D eigenvalue weighted by molar-refractivity contribution is 5.91. The molecule has 0 saturated heterocycles. The molecule has 0 bridgehead atoms. The molecule has 1 amide bonds. The van der Waals surface area contributed by atoms with Crippen LogP contribution in [0.25, 0.3) is 0 Å². The van der Waals surface area contributed by atoms with Crippen LogP contribution in [0.1, 0.15) is 32.1 Å².